The Balaban J connectivity index is 1.78. The Morgan fingerprint density at radius 3 is 2.60 bits per heavy atom. The van der Waals surface area contributed by atoms with Crippen LogP contribution in [-0.4, -0.2) is 47.5 Å². The van der Waals surface area contributed by atoms with Crippen LogP contribution in [0.15, 0.2) is 64.5 Å². The van der Waals surface area contributed by atoms with E-state index < -0.39 is 11.9 Å². The number of carbonyl (C=O) groups is 2. The Morgan fingerprint density at radius 1 is 1.10 bits per heavy atom. The number of methoxy groups -OCH3 is 1. The lowest BCUT2D eigenvalue weighted by Crippen LogP contribution is -2.41. The molecule has 9 heteroatoms. The number of hydrogen-bond acceptors (Lipinski definition) is 6. The summed E-state index contributed by atoms with van der Waals surface area (Å²) >= 11 is 1.11. The average Bonchev–Trinajstić information content (AvgIpc) is 2.75. The summed E-state index contributed by atoms with van der Waals surface area (Å²) in [5.41, 5.74) is 1.33. The topological polar surface area (TPSA) is 102 Å². The van der Waals surface area contributed by atoms with Crippen LogP contribution in [0.3, 0.4) is 0 Å². The quantitative estimate of drug-likeness (QED) is 0.325. The minimum absolute atomic E-state index is 0.0583. The van der Waals surface area contributed by atoms with Crippen molar-refractivity contribution in [1.29, 1.82) is 0 Å². The van der Waals surface area contributed by atoms with Crippen LogP contribution < -0.4 is 16.2 Å². The van der Waals surface area contributed by atoms with Crippen LogP contribution in [0.25, 0.3) is 10.9 Å². The molecule has 2 N–H and O–H groups in total. The van der Waals surface area contributed by atoms with Gasteiger partial charge in [-0.2, -0.15) is 0 Å². The van der Waals surface area contributed by atoms with Crippen molar-refractivity contribution < 1.29 is 14.3 Å². The summed E-state index contributed by atoms with van der Waals surface area (Å²) in [4.78, 5) is 41.5. The maximum atomic E-state index is 13.1. The number of aromatic nitrogens is 2. The molecule has 2 aromatic carbocycles. The van der Waals surface area contributed by atoms with Gasteiger partial charge in [0.25, 0.3) is 5.56 Å². The Bertz CT molecular complexity index is 1090. The second kappa shape index (κ2) is 10.6. The molecule has 3 rings (SSSR count). The lowest BCUT2D eigenvalue weighted by Gasteiger charge is -2.13. The number of urea groups is 1. The van der Waals surface area contributed by atoms with Gasteiger partial charge >= 0.3 is 6.03 Å². The van der Waals surface area contributed by atoms with Crippen LogP contribution in [-0.2, 0) is 16.1 Å². The van der Waals surface area contributed by atoms with E-state index >= 15 is 0 Å². The van der Waals surface area contributed by atoms with Crippen molar-refractivity contribution in [3.8, 4) is 0 Å². The number of nitrogens with zero attached hydrogens (tertiary/aromatic N) is 2. The van der Waals surface area contributed by atoms with Crippen LogP contribution in [0.5, 0.6) is 0 Å². The van der Waals surface area contributed by atoms with Crippen molar-refractivity contribution in [1.82, 2.24) is 20.2 Å². The number of para-hydroxylation sites is 1. The summed E-state index contributed by atoms with van der Waals surface area (Å²) < 4.78 is 6.39. The van der Waals surface area contributed by atoms with Gasteiger partial charge in [-0.3, -0.25) is 19.5 Å². The normalized spacial score (nSPS) is 10.7. The average molecular weight is 426 g/mol. The van der Waals surface area contributed by atoms with Gasteiger partial charge in [-0.1, -0.05) is 54.2 Å². The predicted molar refractivity (Wildman–Crippen MR) is 116 cm³/mol. The molecule has 0 aliphatic heterocycles. The Kier molecular flexibility index (Phi) is 7.58. The summed E-state index contributed by atoms with van der Waals surface area (Å²) in [7, 11) is 1.52. The van der Waals surface area contributed by atoms with Gasteiger partial charge in [0.05, 0.1) is 29.8 Å². The zero-order chi connectivity index (χ0) is 21.3. The van der Waals surface area contributed by atoms with Crippen molar-refractivity contribution in [2.45, 2.75) is 11.7 Å². The van der Waals surface area contributed by atoms with Gasteiger partial charge in [-0.25, -0.2) is 9.78 Å². The highest BCUT2D eigenvalue weighted by Crippen LogP contribution is 2.18. The summed E-state index contributed by atoms with van der Waals surface area (Å²) in [5, 5.41) is 5.69. The third-order valence-electron chi connectivity index (χ3n) is 4.19. The molecular formula is C21H22N4O4S. The van der Waals surface area contributed by atoms with Crippen molar-refractivity contribution in [2.75, 3.05) is 26.0 Å². The molecule has 0 saturated heterocycles. The molecule has 0 atom stereocenters. The highest BCUT2D eigenvalue weighted by atomic mass is 32.2. The van der Waals surface area contributed by atoms with Gasteiger partial charge < -0.3 is 10.1 Å². The molecule has 3 aromatic rings. The number of imide groups is 1. The van der Waals surface area contributed by atoms with Crippen LogP contribution in [0.4, 0.5) is 4.79 Å². The van der Waals surface area contributed by atoms with E-state index in [-0.39, 0.29) is 11.3 Å². The van der Waals surface area contributed by atoms with Gasteiger partial charge in [0, 0.05) is 13.7 Å². The monoisotopic (exact) mass is 426 g/mol. The van der Waals surface area contributed by atoms with E-state index in [2.05, 4.69) is 15.6 Å². The van der Waals surface area contributed by atoms with E-state index in [1.54, 1.807) is 22.8 Å². The number of rotatable bonds is 8. The number of benzene rings is 2. The van der Waals surface area contributed by atoms with Gasteiger partial charge in [-0.15, -0.1) is 0 Å². The third-order valence-corrected chi connectivity index (χ3v) is 5.16. The van der Waals surface area contributed by atoms with Crippen molar-refractivity contribution in [3.63, 3.8) is 0 Å². The molecule has 156 valence electrons. The van der Waals surface area contributed by atoms with E-state index in [0.717, 1.165) is 17.3 Å². The summed E-state index contributed by atoms with van der Waals surface area (Å²) in [6.45, 7) is 0.980. The van der Waals surface area contributed by atoms with Crippen molar-refractivity contribution in [3.05, 3.63) is 70.5 Å². The molecule has 8 nitrogen and oxygen atoms in total. The first-order valence-corrected chi connectivity index (χ1v) is 10.3. The molecule has 0 bridgehead atoms. The summed E-state index contributed by atoms with van der Waals surface area (Å²) in [6, 6.07) is 16.1. The minimum atomic E-state index is -0.592. The summed E-state index contributed by atoms with van der Waals surface area (Å²) in [6.07, 6.45) is 0. The first kappa shape index (κ1) is 21.5. The highest BCUT2D eigenvalue weighted by Gasteiger charge is 2.14. The third kappa shape index (κ3) is 5.68. The first-order chi connectivity index (χ1) is 14.6. The van der Waals surface area contributed by atoms with E-state index in [1.165, 1.54) is 7.11 Å². The molecular weight excluding hydrogens is 404 g/mol. The smallest absolute Gasteiger partial charge is 0.321 e. The van der Waals surface area contributed by atoms with E-state index in [9.17, 15) is 14.4 Å². The standard InChI is InChI=1S/C21H22N4O4S/c1-29-12-11-22-20(28)24-18(26)14-30-21-23-17-10-6-5-9-16(17)19(27)25(21)13-15-7-3-2-4-8-15/h2-10H,11-14H2,1H3,(H2,22,24,26,28). The van der Waals surface area contributed by atoms with Gasteiger partial charge in [-0.05, 0) is 17.7 Å². The largest absolute Gasteiger partial charge is 0.383 e. The number of hydrogen-bond donors (Lipinski definition) is 2. The van der Waals surface area contributed by atoms with Gasteiger partial charge in [0.1, 0.15) is 0 Å². The minimum Gasteiger partial charge on any atom is -0.383 e. The molecule has 0 spiro atoms. The highest BCUT2D eigenvalue weighted by molar-refractivity contribution is 7.99. The number of thioether (sulfide) groups is 1. The predicted octanol–water partition coefficient (Wildman–Crippen LogP) is 2.01. The molecule has 0 aliphatic carbocycles. The molecule has 0 fully saturated rings. The molecule has 0 aliphatic rings. The number of amides is 3. The van der Waals surface area contributed by atoms with Crippen molar-refractivity contribution >= 4 is 34.6 Å². The number of carbonyl (C=O) groups excluding carboxylic acids is 2. The zero-order valence-corrected chi connectivity index (χ0v) is 17.3. The lowest BCUT2D eigenvalue weighted by molar-refractivity contribution is -0.117. The molecule has 0 unspecified atom stereocenters. The molecule has 1 heterocycles. The fourth-order valence-corrected chi connectivity index (χ4v) is 3.57. The fourth-order valence-electron chi connectivity index (χ4n) is 2.77. The van der Waals surface area contributed by atoms with Crippen LogP contribution in [0.1, 0.15) is 5.56 Å². The second-order valence-corrected chi connectivity index (χ2v) is 7.32. The maximum absolute atomic E-state index is 13.1. The lowest BCUT2D eigenvalue weighted by atomic mass is 10.2. The van der Waals surface area contributed by atoms with Crippen LogP contribution >= 0.6 is 11.8 Å². The van der Waals surface area contributed by atoms with Crippen LogP contribution in [0.2, 0.25) is 0 Å². The molecule has 0 radical (unpaired) electrons. The van der Waals surface area contributed by atoms with Gasteiger partial charge in [0.15, 0.2) is 5.16 Å². The molecule has 3 amide bonds. The number of fused-ring (bicyclic) bond motifs is 1. The Labute approximate surface area is 177 Å². The van der Waals surface area contributed by atoms with E-state index in [0.29, 0.717) is 35.8 Å². The maximum Gasteiger partial charge on any atom is 0.321 e. The number of nitrogens with one attached hydrogen (secondary N) is 2. The van der Waals surface area contributed by atoms with E-state index in [4.69, 9.17) is 4.74 Å². The number of ether oxygens (including phenoxy) is 1. The Hall–Kier alpha value is -3.17. The van der Waals surface area contributed by atoms with Crippen molar-refractivity contribution in [2.24, 2.45) is 0 Å². The second-order valence-electron chi connectivity index (χ2n) is 6.37. The van der Waals surface area contributed by atoms with E-state index in [1.807, 2.05) is 36.4 Å². The van der Waals surface area contributed by atoms with Gasteiger partial charge in [0.2, 0.25) is 5.91 Å². The fraction of sp³-hybridized carbons (Fsp3) is 0.238. The Morgan fingerprint density at radius 2 is 1.83 bits per heavy atom. The summed E-state index contributed by atoms with van der Waals surface area (Å²) in [5.74, 6) is -0.541. The zero-order valence-electron chi connectivity index (χ0n) is 16.5. The van der Waals surface area contributed by atoms with Crippen LogP contribution in [0, 0.1) is 0 Å². The molecule has 30 heavy (non-hydrogen) atoms. The molecule has 0 saturated carbocycles. The first-order valence-electron chi connectivity index (χ1n) is 9.31. The molecule has 1 aromatic heterocycles. The SMILES string of the molecule is COCCNC(=O)NC(=O)CSc1nc2ccccc2c(=O)n1Cc1ccccc1.